The van der Waals surface area contributed by atoms with Crippen molar-refractivity contribution in [2.75, 3.05) is 18.9 Å². The molecule has 0 bridgehead atoms. The predicted molar refractivity (Wildman–Crippen MR) is 119 cm³/mol. The zero-order chi connectivity index (χ0) is 21.4. The Morgan fingerprint density at radius 2 is 1.83 bits per heavy atom. The summed E-state index contributed by atoms with van der Waals surface area (Å²) in [5, 5.41) is 8.62. The lowest BCUT2D eigenvalue weighted by Crippen LogP contribution is -2.28. The third-order valence-corrected chi connectivity index (χ3v) is 4.16. The summed E-state index contributed by atoms with van der Waals surface area (Å²) in [5.74, 6) is -0.286. The number of amides is 2. The van der Waals surface area contributed by atoms with Gasteiger partial charge in [-0.1, -0.05) is 6.07 Å². The van der Waals surface area contributed by atoms with Crippen LogP contribution in [-0.4, -0.2) is 31.4 Å². The Hall–Kier alpha value is -3.15. The number of hydrogen-bond donors (Lipinski definition) is 3. The summed E-state index contributed by atoms with van der Waals surface area (Å²) in [4.78, 5) is 16.7. The number of hydrogen-bond acceptors (Lipinski definition) is 3. The summed E-state index contributed by atoms with van der Waals surface area (Å²) in [7, 11) is 1.84. The molecule has 0 aromatic heterocycles. The van der Waals surface area contributed by atoms with Gasteiger partial charge in [0.05, 0.1) is 5.71 Å². The van der Waals surface area contributed by atoms with Crippen molar-refractivity contribution in [1.82, 2.24) is 10.6 Å². The molecule has 154 valence electrons. The van der Waals surface area contributed by atoms with Crippen LogP contribution in [0.3, 0.4) is 0 Å². The largest absolute Gasteiger partial charge is 0.394 e. The lowest BCUT2D eigenvalue weighted by atomic mass is 9.93. The van der Waals surface area contributed by atoms with Crippen molar-refractivity contribution in [3.05, 3.63) is 71.2 Å². The molecule has 0 aliphatic carbocycles. The second kappa shape index (κ2) is 10.4. The normalized spacial score (nSPS) is 12.1. The smallest absolute Gasteiger partial charge is 0.319 e. The lowest BCUT2D eigenvalue weighted by molar-refractivity contribution is 0.252. The Morgan fingerprint density at radius 1 is 1.14 bits per heavy atom. The maximum Gasteiger partial charge on any atom is 0.319 e. The highest BCUT2D eigenvalue weighted by Crippen LogP contribution is 2.26. The van der Waals surface area contributed by atoms with E-state index in [4.69, 9.17) is 4.99 Å². The molecule has 0 radical (unpaired) electrons. The van der Waals surface area contributed by atoms with Crippen LogP contribution in [-0.2, 0) is 0 Å². The first-order chi connectivity index (χ1) is 13.8. The van der Waals surface area contributed by atoms with Gasteiger partial charge < -0.3 is 16.0 Å². The van der Waals surface area contributed by atoms with E-state index in [0.29, 0.717) is 12.2 Å². The van der Waals surface area contributed by atoms with Crippen molar-refractivity contribution >= 4 is 23.0 Å². The summed E-state index contributed by atoms with van der Waals surface area (Å²) in [5.41, 5.74) is 5.13. The number of anilines is 1. The number of aliphatic imine (C=N–C) groups is 1. The van der Waals surface area contributed by atoms with Crippen molar-refractivity contribution in [1.29, 1.82) is 0 Å². The molecule has 3 N–H and O–H groups in total. The van der Waals surface area contributed by atoms with Crippen molar-refractivity contribution in [3.63, 3.8) is 0 Å². The molecule has 0 unspecified atom stereocenters. The van der Waals surface area contributed by atoms with Crippen LogP contribution in [0.15, 0.2) is 53.7 Å². The molecule has 2 aromatic carbocycles. The molecule has 2 amide bonds. The number of benzene rings is 2. The molecule has 2 aromatic rings. The van der Waals surface area contributed by atoms with E-state index in [1.807, 2.05) is 59.1 Å². The van der Waals surface area contributed by atoms with Gasteiger partial charge in [0.1, 0.15) is 5.82 Å². The standard InChI is InChI=1S/C23H29FN4O/c1-6-26-23(29)28-19-11-12-20(21(13-19)16(4)14-25-5)22(27-15(2)3)17-7-9-18(24)10-8-17/h7-15,25H,6H2,1-5H3,(H2,26,28,29)/b16-14+,27-22?. The highest BCUT2D eigenvalue weighted by Gasteiger charge is 2.15. The highest BCUT2D eigenvalue weighted by atomic mass is 19.1. The van der Waals surface area contributed by atoms with E-state index in [0.717, 1.165) is 28.0 Å². The molecule has 0 spiro atoms. The molecule has 29 heavy (non-hydrogen) atoms. The minimum Gasteiger partial charge on any atom is -0.394 e. The van der Waals surface area contributed by atoms with E-state index in [2.05, 4.69) is 16.0 Å². The van der Waals surface area contributed by atoms with Crippen LogP contribution in [0.4, 0.5) is 14.9 Å². The van der Waals surface area contributed by atoms with E-state index >= 15 is 0 Å². The fourth-order valence-corrected chi connectivity index (χ4v) is 2.95. The first-order valence-electron chi connectivity index (χ1n) is 9.73. The molecule has 6 heteroatoms. The maximum atomic E-state index is 13.5. The quantitative estimate of drug-likeness (QED) is 0.589. The Labute approximate surface area is 172 Å². The molecule has 0 aliphatic rings. The SMILES string of the molecule is CCNC(=O)Nc1ccc(C(=NC(C)C)c2ccc(F)cc2)c(/C(C)=C/NC)c1. The monoisotopic (exact) mass is 396 g/mol. The van der Waals surface area contributed by atoms with Crippen molar-refractivity contribution in [2.24, 2.45) is 4.99 Å². The second-order valence-electron chi connectivity index (χ2n) is 6.94. The molecule has 0 saturated heterocycles. The van der Waals surface area contributed by atoms with Crippen molar-refractivity contribution < 1.29 is 9.18 Å². The number of carbonyl (C=O) groups excluding carboxylic acids is 1. The van der Waals surface area contributed by atoms with Gasteiger partial charge in [-0.25, -0.2) is 9.18 Å². The van der Waals surface area contributed by atoms with Crippen molar-refractivity contribution in [3.8, 4) is 0 Å². The van der Waals surface area contributed by atoms with Crippen molar-refractivity contribution in [2.45, 2.75) is 33.7 Å². The van der Waals surface area contributed by atoms with Gasteiger partial charge in [0.2, 0.25) is 0 Å². The van der Waals surface area contributed by atoms with Crippen LogP contribution in [0.5, 0.6) is 0 Å². The second-order valence-corrected chi connectivity index (χ2v) is 6.94. The van der Waals surface area contributed by atoms with E-state index in [-0.39, 0.29) is 17.9 Å². The number of allylic oxidation sites excluding steroid dienone is 1. The predicted octanol–water partition coefficient (Wildman–Crippen LogP) is 4.79. The van der Waals surface area contributed by atoms with Crippen LogP contribution in [0, 0.1) is 5.82 Å². The first-order valence-corrected chi connectivity index (χ1v) is 9.73. The summed E-state index contributed by atoms with van der Waals surface area (Å²) >= 11 is 0. The molecule has 0 heterocycles. The topological polar surface area (TPSA) is 65.5 Å². The zero-order valence-corrected chi connectivity index (χ0v) is 17.6. The number of nitrogens with one attached hydrogen (secondary N) is 3. The number of halogens is 1. The first kappa shape index (κ1) is 22.1. The molecule has 0 atom stereocenters. The third kappa shape index (κ3) is 6.17. The van der Waals surface area contributed by atoms with E-state index in [1.165, 1.54) is 12.1 Å². The van der Waals surface area contributed by atoms with Crippen LogP contribution in [0.1, 0.15) is 44.4 Å². The van der Waals surface area contributed by atoms with E-state index in [9.17, 15) is 9.18 Å². The van der Waals surface area contributed by atoms with Gasteiger partial charge >= 0.3 is 6.03 Å². The molecular weight excluding hydrogens is 367 g/mol. The number of carbonyl (C=O) groups is 1. The van der Waals surface area contributed by atoms with E-state index in [1.54, 1.807) is 12.1 Å². The van der Waals surface area contributed by atoms with Gasteiger partial charge in [-0.05, 0) is 81.4 Å². The average Bonchev–Trinajstić information content (AvgIpc) is 2.67. The lowest BCUT2D eigenvalue weighted by Gasteiger charge is -2.17. The molecule has 0 saturated carbocycles. The third-order valence-electron chi connectivity index (χ3n) is 4.16. The number of urea groups is 1. The number of nitrogens with zero attached hydrogens (tertiary/aromatic N) is 1. The molecule has 2 rings (SSSR count). The summed E-state index contributed by atoms with van der Waals surface area (Å²) in [6.07, 6.45) is 1.90. The summed E-state index contributed by atoms with van der Waals surface area (Å²) in [6.45, 7) is 8.41. The van der Waals surface area contributed by atoms with Gasteiger partial charge in [-0.3, -0.25) is 4.99 Å². The minimum absolute atomic E-state index is 0.0598. The van der Waals surface area contributed by atoms with Gasteiger partial charge in [0.25, 0.3) is 0 Å². The van der Waals surface area contributed by atoms with Crippen LogP contribution < -0.4 is 16.0 Å². The van der Waals surface area contributed by atoms with Gasteiger partial charge in [0, 0.05) is 36.4 Å². The molecular formula is C23H29FN4O. The van der Waals surface area contributed by atoms with Gasteiger partial charge in [0.15, 0.2) is 0 Å². The minimum atomic E-state index is -0.286. The number of rotatable bonds is 7. The molecule has 0 fully saturated rings. The fraction of sp³-hybridized carbons (Fsp3) is 0.304. The highest BCUT2D eigenvalue weighted by molar-refractivity contribution is 6.15. The van der Waals surface area contributed by atoms with Gasteiger partial charge in [-0.2, -0.15) is 0 Å². The Morgan fingerprint density at radius 3 is 2.41 bits per heavy atom. The molecule has 0 aliphatic heterocycles. The Kier molecular flexibility index (Phi) is 7.95. The van der Waals surface area contributed by atoms with Crippen LogP contribution in [0.25, 0.3) is 5.57 Å². The molecule has 5 nitrogen and oxygen atoms in total. The van der Waals surface area contributed by atoms with E-state index < -0.39 is 0 Å². The van der Waals surface area contributed by atoms with Gasteiger partial charge in [-0.15, -0.1) is 0 Å². The summed E-state index contributed by atoms with van der Waals surface area (Å²) in [6, 6.07) is 11.9. The Bertz CT molecular complexity index is 902. The Balaban J connectivity index is 2.61. The van der Waals surface area contributed by atoms with Crippen LogP contribution >= 0.6 is 0 Å². The fourth-order valence-electron chi connectivity index (χ4n) is 2.95. The van der Waals surface area contributed by atoms with Crippen LogP contribution in [0.2, 0.25) is 0 Å². The maximum absolute atomic E-state index is 13.5. The average molecular weight is 397 g/mol. The summed E-state index contributed by atoms with van der Waals surface area (Å²) < 4.78 is 13.5. The zero-order valence-electron chi connectivity index (χ0n) is 17.6.